The molecule has 0 aromatic heterocycles. The summed E-state index contributed by atoms with van der Waals surface area (Å²) < 4.78 is 10.9. The number of benzene rings is 2. The second-order valence-electron chi connectivity index (χ2n) is 8.60. The van der Waals surface area contributed by atoms with Crippen LogP contribution < -0.4 is 0 Å². The third-order valence-electron chi connectivity index (χ3n) is 4.90. The van der Waals surface area contributed by atoms with Gasteiger partial charge in [-0.15, -0.1) is 0 Å². The minimum Gasteiger partial charge on any atom is -0.421 e. The largest absolute Gasteiger partial charge is 0.421 e. The standard InChI is InChI=1S/C28H32N4O2/c1-6-8-11-19(10-7-2)24(29)33-26(31)21-12-9-13-22(18-21)27(32)34-25(30)20-14-16-23(17-15-20)28(3,4)5/h7-18,29-32H,2,6H2,1,3-5H3/b11-8-,19-10+,29-24?,30-25?,31-26?,32-27?. The van der Waals surface area contributed by atoms with Crippen molar-refractivity contribution in [3.8, 4) is 0 Å². The van der Waals surface area contributed by atoms with Crippen LogP contribution in [0, 0.1) is 21.6 Å². The molecule has 0 heterocycles. The molecule has 34 heavy (non-hydrogen) atoms. The monoisotopic (exact) mass is 456 g/mol. The summed E-state index contributed by atoms with van der Waals surface area (Å²) in [5.74, 6) is -0.752. The second-order valence-corrected chi connectivity index (χ2v) is 8.60. The fourth-order valence-electron chi connectivity index (χ4n) is 2.94. The molecule has 0 saturated carbocycles. The maximum absolute atomic E-state index is 8.28. The topological polar surface area (TPSA) is 114 Å². The molecular formula is C28H32N4O2. The quantitative estimate of drug-likeness (QED) is 0.210. The predicted octanol–water partition coefficient (Wildman–Crippen LogP) is 6.75. The van der Waals surface area contributed by atoms with Crippen LogP contribution in [0.1, 0.15) is 56.4 Å². The summed E-state index contributed by atoms with van der Waals surface area (Å²) in [7, 11) is 0. The van der Waals surface area contributed by atoms with Crippen molar-refractivity contribution in [1.82, 2.24) is 0 Å². The molecule has 2 aromatic rings. The van der Waals surface area contributed by atoms with Gasteiger partial charge in [0.15, 0.2) is 0 Å². The molecule has 0 bridgehead atoms. The van der Waals surface area contributed by atoms with Crippen LogP contribution in [0.3, 0.4) is 0 Å². The Kier molecular flexibility index (Phi) is 9.01. The van der Waals surface area contributed by atoms with Gasteiger partial charge in [0.1, 0.15) is 0 Å². The van der Waals surface area contributed by atoms with E-state index in [1.807, 2.05) is 37.3 Å². The minimum absolute atomic E-state index is 0.00609. The van der Waals surface area contributed by atoms with Gasteiger partial charge in [-0.3, -0.25) is 21.6 Å². The zero-order chi connectivity index (χ0) is 25.3. The lowest BCUT2D eigenvalue weighted by molar-refractivity contribution is 0.536. The van der Waals surface area contributed by atoms with Crippen LogP contribution in [0.5, 0.6) is 0 Å². The summed E-state index contributed by atoms with van der Waals surface area (Å²) in [6.07, 6.45) is 7.64. The van der Waals surface area contributed by atoms with E-state index in [0.717, 1.165) is 12.0 Å². The van der Waals surface area contributed by atoms with E-state index in [0.29, 0.717) is 22.3 Å². The smallest absolute Gasteiger partial charge is 0.221 e. The number of allylic oxidation sites excluding steroid dienone is 3. The van der Waals surface area contributed by atoms with Crippen LogP contribution in [0.15, 0.2) is 85.0 Å². The predicted molar refractivity (Wildman–Crippen MR) is 140 cm³/mol. The summed E-state index contributed by atoms with van der Waals surface area (Å²) in [4.78, 5) is 0. The summed E-state index contributed by atoms with van der Waals surface area (Å²) >= 11 is 0. The molecule has 0 amide bonds. The Hall–Kier alpha value is -4.06. The molecule has 2 rings (SSSR count). The highest BCUT2D eigenvalue weighted by Crippen LogP contribution is 2.22. The van der Waals surface area contributed by atoms with Crippen LogP contribution in [0.25, 0.3) is 0 Å². The fraction of sp³-hybridized carbons (Fsp3) is 0.214. The van der Waals surface area contributed by atoms with Crippen molar-refractivity contribution in [2.75, 3.05) is 0 Å². The van der Waals surface area contributed by atoms with Gasteiger partial charge in [-0.1, -0.05) is 76.8 Å². The van der Waals surface area contributed by atoms with Gasteiger partial charge in [-0.05, 0) is 47.7 Å². The highest BCUT2D eigenvalue weighted by atomic mass is 16.5. The third kappa shape index (κ3) is 7.24. The molecule has 0 aliphatic heterocycles. The summed E-state index contributed by atoms with van der Waals surface area (Å²) in [6.45, 7) is 12.0. The molecule has 0 aliphatic carbocycles. The zero-order valence-corrected chi connectivity index (χ0v) is 20.2. The molecule has 176 valence electrons. The van der Waals surface area contributed by atoms with Gasteiger partial charge in [0, 0.05) is 22.3 Å². The maximum atomic E-state index is 8.28. The Morgan fingerprint density at radius 3 is 1.94 bits per heavy atom. The van der Waals surface area contributed by atoms with Crippen molar-refractivity contribution in [3.05, 3.63) is 107 Å². The molecule has 0 aliphatic rings. The van der Waals surface area contributed by atoms with E-state index in [-0.39, 0.29) is 29.0 Å². The van der Waals surface area contributed by atoms with Crippen molar-refractivity contribution < 1.29 is 9.47 Å². The Balaban J connectivity index is 2.11. The van der Waals surface area contributed by atoms with Gasteiger partial charge in [-0.2, -0.15) is 0 Å². The van der Waals surface area contributed by atoms with Crippen LogP contribution in [0.4, 0.5) is 0 Å². The van der Waals surface area contributed by atoms with Gasteiger partial charge in [0.05, 0.1) is 0 Å². The average molecular weight is 457 g/mol. The van der Waals surface area contributed by atoms with Crippen molar-refractivity contribution >= 4 is 23.6 Å². The van der Waals surface area contributed by atoms with E-state index in [1.54, 1.807) is 42.5 Å². The third-order valence-corrected chi connectivity index (χ3v) is 4.90. The number of hydrogen-bond donors (Lipinski definition) is 4. The Labute approximate surface area is 201 Å². The molecule has 0 radical (unpaired) electrons. The molecule has 0 atom stereocenters. The Morgan fingerprint density at radius 2 is 1.41 bits per heavy atom. The van der Waals surface area contributed by atoms with E-state index in [2.05, 4.69) is 27.4 Å². The number of nitrogens with one attached hydrogen (secondary N) is 4. The highest BCUT2D eigenvalue weighted by molar-refractivity contribution is 6.08. The van der Waals surface area contributed by atoms with Gasteiger partial charge < -0.3 is 9.47 Å². The first-order chi connectivity index (χ1) is 16.1. The minimum atomic E-state index is -0.229. The van der Waals surface area contributed by atoms with Crippen LogP contribution >= 0.6 is 0 Å². The van der Waals surface area contributed by atoms with Crippen LogP contribution in [0.2, 0.25) is 0 Å². The molecule has 0 fully saturated rings. The fourth-order valence-corrected chi connectivity index (χ4v) is 2.94. The molecule has 6 nitrogen and oxygen atoms in total. The van der Waals surface area contributed by atoms with Crippen LogP contribution in [-0.4, -0.2) is 23.6 Å². The van der Waals surface area contributed by atoms with E-state index in [1.165, 1.54) is 0 Å². The molecule has 0 spiro atoms. The average Bonchev–Trinajstić information content (AvgIpc) is 2.81. The Morgan fingerprint density at radius 1 is 0.853 bits per heavy atom. The highest BCUT2D eigenvalue weighted by Gasteiger charge is 2.16. The lowest BCUT2D eigenvalue weighted by atomic mass is 9.87. The maximum Gasteiger partial charge on any atom is 0.221 e. The van der Waals surface area contributed by atoms with Crippen molar-refractivity contribution in [3.63, 3.8) is 0 Å². The normalized spacial score (nSPS) is 11.7. The lowest BCUT2D eigenvalue weighted by Gasteiger charge is -2.19. The first-order valence-corrected chi connectivity index (χ1v) is 11.0. The molecule has 0 saturated heterocycles. The van der Waals surface area contributed by atoms with E-state index in [9.17, 15) is 0 Å². The zero-order valence-electron chi connectivity index (χ0n) is 20.2. The number of ether oxygens (including phenoxy) is 2. The lowest BCUT2D eigenvalue weighted by Crippen LogP contribution is -2.16. The molecule has 6 heteroatoms. The van der Waals surface area contributed by atoms with Gasteiger partial charge in [0.25, 0.3) is 0 Å². The number of hydrogen-bond acceptors (Lipinski definition) is 6. The second kappa shape index (κ2) is 11.7. The van der Waals surface area contributed by atoms with Crippen molar-refractivity contribution in [2.24, 2.45) is 0 Å². The Bertz CT molecular complexity index is 1150. The van der Waals surface area contributed by atoms with Crippen molar-refractivity contribution in [2.45, 2.75) is 39.5 Å². The number of rotatable bonds is 7. The first-order valence-electron chi connectivity index (χ1n) is 11.0. The van der Waals surface area contributed by atoms with E-state index >= 15 is 0 Å². The summed E-state index contributed by atoms with van der Waals surface area (Å²) in [5, 5.41) is 32.9. The molecular weight excluding hydrogens is 424 g/mol. The van der Waals surface area contributed by atoms with Crippen molar-refractivity contribution in [1.29, 1.82) is 21.6 Å². The molecule has 4 N–H and O–H groups in total. The molecule has 0 unspecified atom stereocenters. The van der Waals surface area contributed by atoms with E-state index < -0.39 is 0 Å². The first kappa shape index (κ1) is 26.2. The van der Waals surface area contributed by atoms with Crippen LogP contribution in [-0.2, 0) is 14.9 Å². The SMILES string of the molecule is C=C/C=C(\C=C/CC)C(=N)OC(=N)c1cccc(C(=N)OC(=N)c2ccc(C(C)(C)C)cc2)c1. The summed E-state index contributed by atoms with van der Waals surface area (Å²) in [5.41, 5.74) is 2.99. The molecule has 2 aromatic carbocycles. The van der Waals surface area contributed by atoms with Gasteiger partial charge >= 0.3 is 0 Å². The summed E-state index contributed by atoms with van der Waals surface area (Å²) in [6, 6.07) is 14.1. The van der Waals surface area contributed by atoms with Gasteiger partial charge in [0.2, 0.25) is 23.6 Å². The van der Waals surface area contributed by atoms with Gasteiger partial charge in [-0.25, -0.2) is 0 Å². The van der Waals surface area contributed by atoms with E-state index in [4.69, 9.17) is 31.1 Å².